The first kappa shape index (κ1) is 28.3. The number of benzene rings is 8. The summed E-state index contributed by atoms with van der Waals surface area (Å²) in [6, 6.07) is 56.1. The van der Waals surface area contributed by atoms with Crippen LogP contribution in [0.25, 0.3) is 99.2 Å². The van der Waals surface area contributed by atoms with E-state index in [1.54, 1.807) is 12.4 Å². The van der Waals surface area contributed by atoms with Crippen molar-refractivity contribution in [3.8, 4) is 45.0 Å². The van der Waals surface area contributed by atoms with Crippen molar-refractivity contribution in [2.75, 3.05) is 0 Å². The van der Waals surface area contributed by atoms with Crippen molar-refractivity contribution in [3.63, 3.8) is 0 Å². The van der Waals surface area contributed by atoms with E-state index in [9.17, 15) is 0 Å². The van der Waals surface area contributed by atoms with Crippen LogP contribution in [0, 0.1) is 0 Å². The first-order valence-corrected chi connectivity index (χ1v) is 16.8. The second-order valence-corrected chi connectivity index (χ2v) is 12.8. The van der Waals surface area contributed by atoms with Gasteiger partial charge in [-0.15, -0.1) is 0 Å². The van der Waals surface area contributed by atoms with Crippen molar-refractivity contribution < 1.29 is 0 Å². The molecule has 0 spiro atoms. The average molecular weight is 637 g/mol. The minimum absolute atomic E-state index is 0.686. The Hall–Kier alpha value is -6.78. The van der Waals surface area contributed by atoms with Crippen LogP contribution < -0.4 is 0 Å². The molecule has 10 rings (SSSR count). The van der Waals surface area contributed by atoms with Crippen LogP contribution in [0.2, 0.25) is 0 Å². The molecule has 0 fully saturated rings. The lowest BCUT2D eigenvalue weighted by Crippen LogP contribution is -1.96. The van der Waals surface area contributed by atoms with Crippen molar-refractivity contribution in [2.45, 2.75) is 0 Å². The van der Waals surface area contributed by atoms with Gasteiger partial charge in [0.25, 0.3) is 0 Å². The first-order valence-electron chi connectivity index (χ1n) is 16.8. The van der Waals surface area contributed by atoms with E-state index in [1.165, 1.54) is 43.1 Å². The average Bonchev–Trinajstić information content (AvgIpc) is 3.18. The van der Waals surface area contributed by atoms with Crippen LogP contribution in [0.5, 0.6) is 0 Å². The monoisotopic (exact) mass is 636 g/mol. The van der Waals surface area contributed by atoms with E-state index in [2.05, 4.69) is 162 Å². The van der Waals surface area contributed by atoms with Crippen LogP contribution in [-0.4, -0.2) is 19.9 Å². The van der Waals surface area contributed by atoms with E-state index in [0.717, 1.165) is 50.2 Å². The lowest BCUT2D eigenvalue weighted by atomic mass is 9.98. The normalized spacial score (nSPS) is 11.6. The van der Waals surface area contributed by atoms with Crippen molar-refractivity contribution in [1.29, 1.82) is 0 Å². The summed E-state index contributed by atoms with van der Waals surface area (Å²) in [5.74, 6) is 0.686. The predicted octanol–water partition coefficient (Wildman–Crippen LogP) is 11.7. The van der Waals surface area contributed by atoms with Crippen LogP contribution in [0.15, 0.2) is 170 Å². The van der Waals surface area contributed by atoms with E-state index in [4.69, 9.17) is 9.97 Å². The molecule has 4 nitrogen and oxygen atoms in total. The summed E-state index contributed by atoms with van der Waals surface area (Å²) >= 11 is 0. The van der Waals surface area contributed by atoms with Crippen molar-refractivity contribution in [2.24, 2.45) is 0 Å². The molecule has 2 aromatic heterocycles. The van der Waals surface area contributed by atoms with Gasteiger partial charge in [-0.3, -0.25) is 9.97 Å². The fourth-order valence-electron chi connectivity index (χ4n) is 7.03. The second-order valence-electron chi connectivity index (χ2n) is 12.8. The highest BCUT2D eigenvalue weighted by atomic mass is 14.9. The van der Waals surface area contributed by atoms with Crippen molar-refractivity contribution in [3.05, 3.63) is 170 Å². The molecule has 0 bridgehead atoms. The zero-order valence-electron chi connectivity index (χ0n) is 27.0. The smallest absolute Gasteiger partial charge is 0.160 e. The molecular formula is C46H28N4. The molecule has 0 N–H and O–H groups in total. The van der Waals surface area contributed by atoms with Crippen LogP contribution in [-0.2, 0) is 0 Å². The SMILES string of the molecule is c1ccc2cc3cc(-c4cc(-c5ccc6cc7ccccc7cc6c5)nc(-c5ccc(-c6ccc7nccnc7c6)cc5)n4)ccc3cc2c1. The molecule has 0 aliphatic rings. The maximum Gasteiger partial charge on any atom is 0.160 e. The van der Waals surface area contributed by atoms with Gasteiger partial charge in [0, 0.05) is 29.1 Å². The number of aromatic nitrogens is 4. The molecule has 10 aromatic rings. The summed E-state index contributed by atoms with van der Waals surface area (Å²) in [6.07, 6.45) is 3.45. The maximum atomic E-state index is 5.19. The van der Waals surface area contributed by atoms with Crippen molar-refractivity contribution in [1.82, 2.24) is 19.9 Å². The van der Waals surface area contributed by atoms with E-state index < -0.39 is 0 Å². The van der Waals surface area contributed by atoms with Gasteiger partial charge < -0.3 is 0 Å². The molecular weight excluding hydrogens is 609 g/mol. The van der Waals surface area contributed by atoms with Crippen LogP contribution in [0.4, 0.5) is 0 Å². The van der Waals surface area contributed by atoms with Crippen LogP contribution in [0.1, 0.15) is 0 Å². The maximum absolute atomic E-state index is 5.19. The fraction of sp³-hybridized carbons (Fsp3) is 0. The lowest BCUT2D eigenvalue weighted by Gasteiger charge is -2.12. The highest BCUT2D eigenvalue weighted by molar-refractivity contribution is 6.01. The number of fused-ring (bicyclic) bond motifs is 5. The molecule has 2 heterocycles. The van der Waals surface area contributed by atoms with Gasteiger partial charge in [-0.1, -0.05) is 103 Å². The standard InChI is InChI=1S/C46H28N4/c1-3-7-33-23-40-25-38(15-13-35(40)21-31(33)5-1)43-28-44(39-16-14-36-22-32-6-2-4-8-34(32)24-41(36)26-39)50-46(49-43)30-11-9-29(10-12-30)37-17-18-42-45(27-37)48-20-19-47-42/h1-28H. The topological polar surface area (TPSA) is 51.6 Å². The quantitative estimate of drug-likeness (QED) is 0.180. The van der Waals surface area contributed by atoms with E-state index in [1.807, 2.05) is 6.07 Å². The molecule has 8 aromatic carbocycles. The Labute approximate surface area is 288 Å². The Morgan fingerprint density at radius 2 is 0.720 bits per heavy atom. The number of nitrogens with zero attached hydrogens (tertiary/aromatic N) is 4. The molecule has 0 unspecified atom stereocenters. The molecule has 232 valence electrons. The molecule has 4 heteroatoms. The summed E-state index contributed by atoms with van der Waals surface area (Å²) in [6.45, 7) is 0. The highest BCUT2D eigenvalue weighted by Crippen LogP contribution is 2.34. The van der Waals surface area contributed by atoms with Gasteiger partial charge in [0.05, 0.1) is 22.4 Å². The van der Waals surface area contributed by atoms with Crippen molar-refractivity contribution >= 4 is 54.1 Å². The van der Waals surface area contributed by atoms with E-state index in [-0.39, 0.29) is 0 Å². The first-order chi connectivity index (χ1) is 24.7. The fourth-order valence-corrected chi connectivity index (χ4v) is 7.03. The molecule has 0 atom stereocenters. The Morgan fingerprint density at radius 1 is 0.280 bits per heavy atom. The Morgan fingerprint density at radius 3 is 1.28 bits per heavy atom. The van der Waals surface area contributed by atoms with Gasteiger partial charge in [-0.25, -0.2) is 9.97 Å². The minimum atomic E-state index is 0.686. The minimum Gasteiger partial charge on any atom is -0.253 e. The molecule has 50 heavy (non-hydrogen) atoms. The summed E-state index contributed by atoms with van der Waals surface area (Å²) in [5, 5.41) is 9.71. The lowest BCUT2D eigenvalue weighted by molar-refractivity contribution is 1.18. The number of hydrogen-bond donors (Lipinski definition) is 0. The third kappa shape index (κ3) is 5.02. The Kier molecular flexibility index (Phi) is 6.46. The summed E-state index contributed by atoms with van der Waals surface area (Å²) in [5.41, 5.74) is 8.78. The van der Waals surface area contributed by atoms with Gasteiger partial charge >= 0.3 is 0 Å². The van der Waals surface area contributed by atoms with E-state index >= 15 is 0 Å². The molecule has 0 aliphatic heterocycles. The van der Waals surface area contributed by atoms with Gasteiger partial charge in [0.15, 0.2) is 5.82 Å². The largest absolute Gasteiger partial charge is 0.253 e. The summed E-state index contributed by atoms with van der Waals surface area (Å²) in [4.78, 5) is 19.3. The zero-order chi connectivity index (χ0) is 33.0. The third-order valence-electron chi connectivity index (χ3n) is 9.67. The third-order valence-corrected chi connectivity index (χ3v) is 9.67. The Balaban J connectivity index is 1.11. The van der Waals surface area contributed by atoms with Gasteiger partial charge in [0.2, 0.25) is 0 Å². The molecule has 0 saturated heterocycles. The number of hydrogen-bond acceptors (Lipinski definition) is 4. The highest BCUT2D eigenvalue weighted by Gasteiger charge is 2.13. The molecule has 0 radical (unpaired) electrons. The van der Waals surface area contributed by atoms with Gasteiger partial charge in [-0.05, 0) is 109 Å². The van der Waals surface area contributed by atoms with Gasteiger partial charge in [0.1, 0.15) is 0 Å². The Bertz CT molecular complexity index is 2790. The number of rotatable bonds is 4. The van der Waals surface area contributed by atoms with Crippen LogP contribution in [0.3, 0.4) is 0 Å². The van der Waals surface area contributed by atoms with E-state index in [0.29, 0.717) is 5.82 Å². The second kappa shape index (κ2) is 11.4. The summed E-state index contributed by atoms with van der Waals surface area (Å²) < 4.78 is 0. The van der Waals surface area contributed by atoms with Gasteiger partial charge in [-0.2, -0.15) is 0 Å². The molecule has 0 amide bonds. The zero-order valence-corrected chi connectivity index (χ0v) is 27.0. The van der Waals surface area contributed by atoms with Crippen LogP contribution >= 0.6 is 0 Å². The molecule has 0 saturated carbocycles. The molecule has 0 aliphatic carbocycles. The predicted molar refractivity (Wildman–Crippen MR) is 207 cm³/mol. The summed E-state index contributed by atoms with van der Waals surface area (Å²) in [7, 11) is 0.